The van der Waals surface area contributed by atoms with Crippen LogP contribution in [0.3, 0.4) is 0 Å². The second kappa shape index (κ2) is 5.51. The Bertz CT molecular complexity index is 455. The number of rotatable bonds is 3. The van der Waals surface area contributed by atoms with Crippen LogP contribution >= 0.6 is 0 Å². The lowest BCUT2D eigenvalue weighted by atomic mass is 10.1. The monoisotopic (exact) mass is 217 g/mol. The maximum absolute atomic E-state index is 8.69. The maximum atomic E-state index is 8.69. The van der Waals surface area contributed by atoms with Crippen LogP contribution < -0.4 is 0 Å². The first-order chi connectivity index (χ1) is 7.72. The van der Waals surface area contributed by atoms with Gasteiger partial charge in [0.2, 0.25) is 0 Å². The van der Waals surface area contributed by atoms with E-state index in [4.69, 9.17) is 10.5 Å². The molecular weight excluding hydrogens is 206 g/mol. The average molecular weight is 217 g/mol. The fourth-order valence-electron chi connectivity index (χ4n) is 1.17. The summed E-state index contributed by atoms with van der Waals surface area (Å²) in [4.78, 5) is 4.67. The molecule has 1 aromatic carbocycles. The van der Waals surface area contributed by atoms with Gasteiger partial charge in [-0.05, 0) is 19.1 Å². The number of hydrogen-bond acceptors (Lipinski definition) is 5. The zero-order valence-electron chi connectivity index (χ0n) is 9.01. The van der Waals surface area contributed by atoms with Crippen molar-refractivity contribution in [2.45, 2.75) is 6.92 Å². The predicted molar refractivity (Wildman–Crippen MR) is 59.6 cm³/mol. The summed E-state index contributed by atoms with van der Waals surface area (Å²) in [6.45, 7) is 1.61. The quantitative estimate of drug-likeness (QED) is 0.476. The van der Waals surface area contributed by atoms with E-state index in [0.29, 0.717) is 17.0 Å². The summed E-state index contributed by atoms with van der Waals surface area (Å²) in [5.41, 5.74) is 2.04. The molecule has 0 radical (unpaired) electrons. The van der Waals surface area contributed by atoms with E-state index in [-0.39, 0.29) is 0 Å². The highest BCUT2D eigenvalue weighted by molar-refractivity contribution is 6.47. The third-order valence-electron chi connectivity index (χ3n) is 1.96. The molecule has 1 rings (SSSR count). The van der Waals surface area contributed by atoms with Crippen LogP contribution in [0.1, 0.15) is 18.1 Å². The zero-order chi connectivity index (χ0) is 12.0. The first kappa shape index (κ1) is 11.7. The van der Waals surface area contributed by atoms with E-state index in [9.17, 15) is 0 Å². The first-order valence-corrected chi connectivity index (χ1v) is 4.53. The van der Waals surface area contributed by atoms with E-state index in [2.05, 4.69) is 15.1 Å². The van der Waals surface area contributed by atoms with Crippen LogP contribution in [-0.4, -0.2) is 23.7 Å². The number of nitriles is 1. The molecule has 1 N–H and O–H groups in total. The van der Waals surface area contributed by atoms with E-state index in [0.717, 1.165) is 5.56 Å². The molecule has 0 spiro atoms. The molecule has 0 unspecified atom stereocenters. The lowest BCUT2D eigenvalue weighted by Gasteiger charge is -2.03. The fraction of sp³-hybridized carbons (Fsp3) is 0.182. The van der Waals surface area contributed by atoms with Crippen LogP contribution in [0, 0.1) is 11.3 Å². The lowest BCUT2D eigenvalue weighted by molar-refractivity contribution is 0.214. The van der Waals surface area contributed by atoms with Gasteiger partial charge in [0.1, 0.15) is 18.5 Å². The minimum Gasteiger partial charge on any atom is -0.411 e. The Balaban J connectivity index is 3.13. The topological polar surface area (TPSA) is 78.0 Å². The molecule has 5 nitrogen and oxygen atoms in total. The zero-order valence-corrected chi connectivity index (χ0v) is 9.01. The van der Waals surface area contributed by atoms with Gasteiger partial charge in [-0.3, -0.25) is 0 Å². The minimum absolute atomic E-state index is 0.339. The molecule has 0 bridgehead atoms. The molecule has 0 aliphatic heterocycles. The van der Waals surface area contributed by atoms with E-state index in [1.54, 1.807) is 31.2 Å². The van der Waals surface area contributed by atoms with Crippen molar-refractivity contribution < 1.29 is 10.0 Å². The molecule has 0 atom stereocenters. The Kier molecular flexibility index (Phi) is 4.04. The number of hydrogen-bond donors (Lipinski definition) is 1. The van der Waals surface area contributed by atoms with Crippen molar-refractivity contribution in [3.63, 3.8) is 0 Å². The molecule has 82 valence electrons. The van der Waals surface area contributed by atoms with Gasteiger partial charge in [0.25, 0.3) is 0 Å². The third-order valence-corrected chi connectivity index (χ3v) is 1.96. The van der Waals surface area contributed by atoms with Crippen LogP contribution in [-0.2, 0) is 4.84 Å². The smallest absolute Gasteiger partial charge is 0.134 e. The van der Waals surface area contributed by atoms with E-state index in [1.807, 2.05) is 6.07 Å². The maximum Gasteiger partial charge on any atom is 0.134 e. The van der Waals surface area contributed by atoms with Crippen LogP contribution in [0.2, 0.25) is 0 Å². The summed E-state index contributed by atoms with van der Waals surface area (Å²) in [7, 11) is 1.41. The molecule has 0 aliphatic rings. The molecular formula is C11H11N3O2. The Labute approximate surface area is 93.3 Å². The first-order valence-electron chi connectivity index (χ1n) is 4.53. The molecule has 0 saturated heterocycles. The van der Waals surface area contributed by atoms with Gasteiger partial charge in [-0.2, -0.15) is 5.26 Å². The van der Waals surface area contributed by atoms with Gasteiger partial charge in [0, 0.05) is 5.56 Å². The van der Waals surface area contributed by atoms with E-state index in [1.165, 1.54) is 7.11 Å². The van der Waals surface area contributed by atoms with Crippen LogP contribution in [0.5, 0.6) is 0 Å². The number of nitrogens with zero attached hydrogens (tertiary/aromatic N) is 3. The highest BCUT2D eigenvalue weighted by Gasteiger charge is 2.08. The van der Waals surface area contributed by atoms with Crippen molar-refractivity contribution in [1.82, 2.24) is 0 Å². The van der Waals surface area contributed by atoms with Gasteiger partial charge in [0.15, 0.2) is 0 Å². The van der Waals surface area contributed by atoms with Crippen molar-refractivity contribution in [2.24, 2.45) is 10.3 Å². The summed E-state index contributed by atoms with van der Waals surface area (Å²) in [6, 6.07) is 8.76. The van der Waals surface area contributed by atoms with Gasteiger partial charge in [-0.25, -0.2) is 0 Å². The normalized spacial score (nSPS) is 12.1. The van der Waals surface area contributed by atoms with Crippen LogP contribution in [0.25, 0.3) is 0 Å². The molecule has 0 fully saturated rings. The van der Waals surface area contributed by atoms with E-state index >= 15 is 0 Å². The van der Waals surface area contributed by atoms with Crippen LogP contribution in [0.15, 0.2) is 34.6 Å². The summed E-state index contributed by atoms with van der Waals surface area (Å²) in [5, 5.41) is 24.2. The highest BCUT2D eigenvalue weighted by atomic mass is 16.6. The van der Waals surface area contributed by atoms with Gasteiger partial charge >= 0.3 is 0 Å². The van der Waals surface area contributed by atoms with Gasteiger partial charge < -0.3 is 10.0 Å². The standard InChI is InChI=1S/C11H11N3O2/c1-8(13-15)11(14-16-2)10-5-3-9(7-12)4-6-10/h3-6,15H,1-2H3/b13-8+,14-11+. The Morgan fingerprint density at radius 1 is 1.38 bits per heavy atom. The van der Waals surface area contributed by atoms with Crippen LogP contribution in [0.4, 0.5) is 0 Å². The third kappa shape index (κ3) is 2.58. The molecule has 0 aliphatic carbocycles. The SMILES string of the molecule is CO/N=C(\C(C)=N\O)c1ccc(C#N)cc1. The molecule has 0 saturated carbocycles. The number of oxime groups is 2. The van der Waals surface area contributed by atoms with Gasteiger partial charge in [-0.1, -0.05) is 22.4 Å². The largest absolute Gasteiger partial charge is 0.411 e. The summed E-state index contributed by atoms with van der Waals surface area (Å²) in [5.74, 6) is 0. The fourth-order valence-corrected chi connectivity index (χ4v) is 1.17. The van der Waals surface area contributed by atoms with Crippen molar-refractivity contribution in [1.29, 1.82) is 5.26 Å². The molecule has 0 heterocycles. The van der Waals surface area contributed by atoms with Crippen molar-refractivity contribution in [3.05, 3.63) is 35.4 Å². The molecule has 0 aromatic heterocycles. The van der Waals surface area contributed by atoms with Gasteiger partial charge in [-0.15, -0.1) is 0 Å². The lowest BCUT2D eigenvalue weighted by Crippen LogP contribution is -2.12. The Morgan fingerprint density at radius 3 is 2.44 bits per heavy atom. The minimum atomic E-state index is 0.339. The Hall–Kier alpha value is -2.35. The van der Waals surface area contributed by atoms with E-state index < -0.39 is 0 Å². The van der Waals surface area contributed by atoms with Crippen molar-refractivity contribution in [3.8, 4) is 6.07 Å². The van der Waals surface area contributed by atoms with Crippen molar-refractivity contribution >= 4 is 11.4 Å². The molecule has 5 heteroatoms. The second-order valence-electron chi connectivity index (χ2n) is 3.00. The molecule has 0 amide bonds. The Morgan fingerprint density at radius 2 is 2.00 bits per heavy atom. The second-order valence-corrected chi connectivity index (χ2v) is 3.00. The predicted octanol–water partition coefficient (Wildman–Crippen LogP) is 1.76. The highest BCUT2D eigenvalue weighted by Crippen LogP contribution is 2.06. The van der Waals surface area contributed by atoms with Gasteiger partial charge in [0.05, 0.1) is 11.6 Å². The molecule has 1 aromatic rings. The summed E-state index contributed by atoms with van der Waals surface area (Å²) < 4.78 is 0. The number of benzene rings is 1. The molecule has 16 heavy (non-hydrogen) atoms. The van der Waals surface area contributed by atoms with Crippen molar-refractivity contribution in [2.75, 3.05) is 7.11 Å². The summed E-state index contributed by atoms with van der Waals surface area (Å²) >= 11 is 0. The average Bonchev–Trinajstić information content (AvgIpc) is 2.35. The summed E-state index contributed by atoms with van der Waals surface area (Å²) in [6.07, 6.45) is 0.